The van der Waals surface area contributed by atoms with Crippen molar-refractivity contribution in [3.05, 3.63) is 17.3 Å². The molecule has 1 saturated heterocycles. The number of hydrogen-bond donors (Lipinski definition) is 2. The van der Waals surface area contributed by atoms with Crippen LogP contribution >= 0.6 is 24.0 Å². The van der Waals surface area contributed by atoms with Crippen molar-refractivity contribution in [2.24, 2.45) is 10.9 Å². The van der Waals surface area contributed by atoms with E-state index in [2.05, 4.69) is 27.4 Å². The monoisotopic (exact) mass is 489 g/mol. The SMILES string of the molecule is CCNC(=NCC1CCN(Cc2nc(C)c(C)o2)CC1)NC1CCCC1.I. The highest BCUT2D eigenvalue weighted by molar-refractivity contribution is 14.0. The fourth-order valence-corrected chi connectivity index (χ4v) is 3.93. The molecule has 0 bridgehead atoms. The van der Waals surface area contributed by atoms with Gasteiger partial charge in [-0.2, -0.15) is 0 Å². The van der Waals surface area contributed by atoms with Gasteiger partial charge in [-0.3, -0.25) is 9.89 Å². The van der Waals surface area contributed by atoms with Crippen LogP contribution in [0.4, 0.5) is 0 Å². The van der Waals surface area contributed by atoms with Crippen LogP contribution in [-0.4, -0.2) is 48.1 Å². The molecule has 2 fully saturated rings. The van der Waals surface area contributed by atoms with Crippen molar-refractivity contribution < 1.29 is 4.42 Å². The third-order valence-corrected chi connectivity index (χ3v) is 5.69. The standard InChI is InChI=1S/C20H35N5O.HI/c1-4-21-20(24-18-7-5-6-8-18)22-13-17-9-11-25(12-10-17)14-19-23-15(2)16(3)26-19;/h17-18H,4-14H2,1-3H3,(H2,21,22,24);1H. The first-order valence-electron chi connectivity index (χ1n) is 10.3. The molecule has 27 heavy (non-hydrogen) atoms. The fraction of sp³-hybridized carbons (Fsp3) is 0.800. The van der Waals surface area contributed by atoms with Crippen LogP contribution in [0.2, 0.25) is 0 Å². The van der Waals surface area contributed by atoms with E-state index in [1.165, 1.54) is 38.5 Å². The molecule has 0 atom stereocenters. The molecule has 1 aliphatic carbocycles. The van der Waals surface area contributed by atoms with E-state index in [1.54, 1.807) is 0 Å². The lowest BCUT2D eigenvalue weighted by Crippen LogP contribution is -2.43. The molecule has 1 aliphatic heterocycles. The molecule has 2 heterocycles. The van der Waals surface area contributed by atoms with Gasteiger partial charge in [-0.05, 0) is 65.5 Å². The number of rotatable bonds is 6. The summed E-state index contributed by atoms with van der Waals surface area (Å²) in [7, 11) is 0. The van der Waals surface area contributed by atoms with E-state index >= 15 is 0 Å². The van der Waals surface area contributed by atoms with Crippen molar-refractivity contribution in [1.82, 2.24) is 20.5 Å². The molecule has 0 radical (unpaired) electrons. The number of piperidine rings is 1. The Labute approximate surface area is 181 Å². The first-order chi connectivity index (χ1) is 12.6. The summed E-state index contributed by atoms with van der Waals surface area (Å²) in [6, 6.07) is 0.613. The van der Waals surface area contributed by atoms with Gasteiger partial charge in [0.25, 0.3) is 0 Å². The van der Waals surface area contributed by atoms with Crippen LogP contribution in [0.3, 0.4) is 0 Å². The van der Waals surface area contributed by atoms with Gasteiger partial charge in [-0.1, -0.05) is 12.8 Å². The Morgan fingerprint density at radius 1 is 1.19 bits per heavy atom. The molecule has 7 heteroatoms. The Morgan fingerprint density at radius 2 is 1.89 bits per heavy atom. The van der Waals surface area contributed by atoms with E-state index in [1.807, 2.05) is 13.8 Å². The second kappa shape index (κ2) is 11.2. The molecule has 2 aliphatic rings. The maximum absolute atomic E-state index is 5.72. The smallest absolute Gasteiger partial charge is 0.208 e. The normalized spacial score (nSPS) is 19.9. The summed E-state index contributed by atoms with van der Waals surface area (Å²) in [6.07, 6.45) is 7.65. The number of hydrogen-bond acceptors (Lipinski definition) is 4. The highest BCUT2D eigenvalue weighted by Gasteiger charge is 2.21. The van der Waals surface area contributed by atoms with E-state index in [-0.39, 0.29) is 24.0 Å². The Hall–Kier alpha value is -0.830. The van der Waals surface area contributed by atoms with Crippen LogP contribution in [0.15, 0.2) is 9.41 Å². The van der Waals surface area contributed by atoms with Crippen LogP contribution in [0.5, 0.6) is 0 Å². The highest BCUT2D eigenvalue weighted by atomic mass is 127. The molecule has 1 saturated carbocycles. The molecule has 0 unspecified atom stereocenters. The molecule has 0 amide bonds. The van der Waals surface area contributed by atoms with Crippen LogP contribution < -0.4 is 10.6 Å². The van der Waals surface area contributed by atoms with E-state index in [4.69, 9.17) is 9.41 Å². The molecular weight excluding hydrogens is 453 g/mol. The zero-order chi connectivity index (χ0) is 18.4. The van der Waals surface area contributed by atoms with Crippen molar-refractivity contribution in [2.75, 3.05) is 26.2 Å². The van der Waals surface area contributed by atoms with Crippen molar-refractivity contribution in [2.45, 2.75) is 71.9 Å². The summed E-state index contributed by atoms with van der Waals surface area (Å²) in [5.41, 5.74) is 1.01. The average molecular weight is 489 g/mol. The molecule has 6 nitrogen and oxygen atoms in total. The minimum Gasteiger partial charge on any atom is -0.444 e. The number of likely N-dealkylation sites (tertiary alicyclic amines) is 1. The summed E-state index contributed by atoms with van der Waals surface area (Å²) < 4.78 is 5.72. The number of oxazole rings is 1. The number of nitrogens with zero attached hydrogens (tertiary/aromatic N) is 3. The van der Waals surface area contributed by atoms with Crippen molar-refractivity contribution in [3.8, 4) is 0 Å². The van der Waals surface area contributed by atoms with E-state index in [9.17, 15) is 0 Å². The maximum atomic E-state index is 5.72. The van der Waals surface area contributed by atoms with E-state index in [0.717, 1.165) is 56.0 Å². The quantitative estimate of drug-likeness (QED) is 0.363. The molecule has 1 aromatic rings. The van der Waals surface area contributed by atoms with E-state index < -0.39 is 0 Å². The Kier molecular flexibility index (Phi) is 9.35. The lowest BCUT2D eigenvalue weighted by molar-refractivity contribution is 0.166. The highest BCUT2D eigenvalue weighted by Crippen LogP contribution is 2.20. The largest absolute Gasteiger partial charge is 0.444 e. The minimum absolute atomic E-state index is 0. The topological polar surface area (TPSA) is 65.7 Å². The predicted molar refractivity (Wildman–Crippen MR) is 121 cm³/mol. The molecule has 3 rings (SSSR count). The van der Waals surface area contributed by atoms with Crippen LogP contribution in [0.1, 0.15) is 62.8 Å². The summed E-state index contributed by atoms with van der Waals surface area (Å²) in [4.78, 5) is 11.8. The zero-order valence-corrected chi connectivity index (χ0v) is 19.4. The van der Waals surface area contributed by atoms with Gasteiger partial charge in [0.1, 0.15) is 5.76 Å². The lowest BCUT2D eigenvalue weighted by atomic mass is 9.97. The Morgan fingerprint density at radius 3 is 2.48 bits per heavy atom. The average Bonchev–Trinajstić information content (AvgIpc) is 3.24. The summed E-state index contributed by atoms with van der Waals surface area (Å²) >= 11 is 0. The predicted octanol–water partition coefficient (Wildman–Crippen LogP) is 3.62. The number of aromatic nitrogens is 1. The minimum atomic E-state index is 0. The fourth-order valence-electron chi connectivity index (χ4n) is 3.93. The molecule has 0 aromatic carbocycles. The van der Waals surface area contributed by atoms with Crippen molar-refractivity contribution in [3.63, 3.8) is 0 Å². The number of aliphatic imine (C=N–C) groups is 1. The number of guanidine groups is 1. The van der Waals surface area contributed by atoms with Crippen molar-refractivity contribution in [1.29, 1.82) is 0 Å². The van der Waals surface area contributed by atoms with Crippen LogP contribution in [-0.2, 0) is 6.54 Å². The van der Waals surface area contributed by atoms with Gasteiger partial charge in [0.05, 0.1) is 12.2 Å². The molecule has 1 aromatic heterocycles. The van der Waals surface area contributed by atoms with Gasteiger partial charge in [-0.25, -0.2) is 4.98 Å². The second-order valence-corrected chi connectivity index (χ2v) is 7.81. The lowest BCUT2D eigenvalue weighted by Gasteiger charge is -2.30. The first kappa shape index (κ1) is 22.5. The first-order valence-corrected chi connectivity index (χ1v) is 10.3. The molecule has 0 spiro atoms. The van der Waals surface area contributed by atoms with Gasteiger partial charge < -0.3 is 15.1 Å². The van der Waals surface area contributed by atoms with Gasteiger partial charge in [0.15, 0.2) is 5.96 Å². The van der Waals surface area contributed by atoms with Gasteiger partial charge in [-0.15, -0.1) is 24.0 Å². The molecule has 154 valence electrons. The second-order valence-electron chi connectivity index (χ2n) is 7.81. The third kappa shape index (κ3) is 6.93. The molecule has 2 N–H and O–H groups in total. The van der Waals surface area contributed by atoms with Crippen LogP contribution in [0, 0.1) is 19.8 Å². The number of halogens is 1. The van der Waals surface area contributed by atoms with E-state index in [0.29, 0.717) is 12.0 Å². The summed E-state index contributed by atoms with van der Waals surface area (Å²) in [5.74, 6) is 3.48. The summed E-state index contributed by atoms with van der Waals surface area (Å²) in [5, 5.41) is 7.02. The zero-order valence-electron chi connectivity index (χ0n) is 17.1. The van der Waals surface area contributed by atoms with Crippen LogP contribution in [0.25, 0.3) is 0 Å². The third-order valence-electron chi connectivity index (χ3n) is 5.69. The Bertz CT molecular complexity index is 570. The maximum Gasteiger partial charge on any atom is 0.208 e. The number of nitrogens with one attached hydrogen (secondary N) is 2. The summed E-state index contributed by atoms with van der Waals surface area (Å²) in [6.45, 7) is 11.0. The van der Waals surface area contributed by atoms with Gasteiger partial charge in [0, 0.05) is 19.1 Å². The van der Waals surface area contributed by atoms with Gasteiger partial charge >= 0.3 is 0 Å². The number of aryl methyl sites for hydroxylation is 2. The Balaban J connectivity index is 0.00000261. The van der Waals surface area contributed by atoms with Gasteiger partial charge in [0.2, 0.25) is 5.89 Å². The van der Waals surface area contributed by atoms with Crippen molar-refractivity contribution >= 4 is 29.9 Å². The molecular formula is C20H36IN5O.